The van der Waals surface area contributed by atoms with E-state index >= 15 is 0 Å². The molecule has 0 aliphatic rings. The number of aliphatic hydroxyl groups is 1. The highest BCUT2D eigenvalue weighted by molar-refractivity contribution is 7.80. The van der Waals surface area contributed by atoms with E-state index < -0.39 is 60.4 Å². The van der Waals surface area contributed by atoms with Crippen LogP contribution >= 0.6 is 25.3 Å². The third-order valence-electron chi connectivity index (χ3n) is 3.46. The topological polar surface area (TPSA) is 214 Å². The predicted octanol–water partition coefficient (Wildman–Crippen LogP) is -4.03. The van der Waals surface area contributed by atoms with Gasteiger partial charge in [-0.25, -0.2) is 4.79 Å². The second-order valence-electron chi connectivity index (χ2n) is 5.68. The van der Waals surface area contributed by atoms with E-state index in [4.69, 9.17) is 21.7 Å². The Morgan fingerprint density at radius 1 is 0.857 bits per heavy atom. The average Bonchev–Trinajstić information content (AvgIpc) is 2.65. The molecule has 4 atom stereocenters. The lowest BCUT2D eigenvalue weighted by atomic mass is 10.1. The molecule has 0 radical (unpaired) electrons. The molecule has 4 amide bonds. The monoisotopic (exact) mass is 439 g/mol. The van der Waals surface area contributed by atoms with E-state index in [9.17, 15) is 24.0 Å². The summed E-state index contributed by atoms with van der Waals surface area (Å²) >= 11 is 7.80. The normalized spacial score (nSPS) is 14.9. The van der Waals surface area contributed by atoms with E-state index in [1.54, 1.807) is 0 Å². The standard InChI is InChI=1S/C14H25N5O7S2/c15-6(4-27)11(22)17-7(1-2-10(16)21)12(23)19-9(5-28)13(24)18-8(3-20)14(25)26/h6-9,20,27-28H,1-5,15H2,(H2,16,21)(H,17,22)(H,18,24)(H,19,23)(H,25,26). The van der Waals surface area contributed by atoms with Crippen molar-refractivity contribution >= 4 is 54.9 Å². The maximum atomic E-state index is 12.4. The van der Waals surface area contributed by atoms with Crippen molar-refractivity contribution in [3.05, 3.63) is 0 Å². The van der Waals surface area contributed by atoms with Gasteiger partial charge in [0.1, 0.15) is 18.1 Å². The van der Waals surface area contributed by atoms with Gasteiger partial charge in [-0.05, 0) is 6.42 Å². The van der Waals surface area contributed by atoms with E-state index in [1.807, 2.05) is 5.32 Å². The molecule has 0 spiro atoms. The van der Waals surface area contributed by atoms with Crippen LogP contribution in [0.5, 0.6) is 0 Å². The Morgan fingerprint density at radius 3 is 1.79 bits per heavy atom. The number of nitrogens with one attached hydrogen (secondary N) is 3. The van der Waals surface area contributed by atoms with Crippen LogP contribution in [0.25, 0.3) is 0 Å². The molecule has 12 nitrogen and oxygen atoms in total. The van der Waals surface area contributed by atoms with Gasteiger partial charge in [0, 0.05) is 17.9 Å². The molecular formula is C14H25N5O7S2. The fraction of sp³-hybridized carbons (Fsp3) is 0.643. The minimum atomic E-state index is -1.56. The molecule has 160 valence electrons. The first kappa shape index (κ1) is 26.0. The molecule has 28 heavy (non-hydrogen) atoms. The molecule has 0 aromatic heterocycles. The number of carbonyl (C=O) groups excluding carboxylic acids is 4. The van der Waals surface area contributed by atoms with Crippen LogP contribution in [0.3, 0.4) is 0 Å². The van der Waals surface area contributed by atoms with Crippen molar-refractivity contribution in [1.29, 1.82) is 0 Å². The van der Waals surface area contributed by atoms with Crippen molar-refractivity contribution in [1.82, 2.24) is 16.0 Å². The lowest BCUT2D eigenvalue weighted by molar-refractivity contribution is -0.143. The molecule has 0 aliphatic heterocycles. The summed E-state index contributed by atoms with van der Waals surface area (Å²) in [5.74, 6) is -4.80. The lowest BCUT2D eigenvalue weighted by Gasteiger charge is -2.23. The summed E-state index contributed by atoms with van der Waals surface area (Å²) in [6.45, 7) is -0.854. The fourth-order valence-electron chi connectivity index (χ4n) is 1.84. The number of aliphatic carboxylic acids is 1. The molecule has 0 aromatic rings. The molecule has 0 rings (SSSR count). The SMILES string of the molecule is NC(=O)CCC(NC(=O)C(N)CS)C(=O)NC(CS)C(=O)NC(CO)C(=O)O. The zero-order chi connectivity index (χ0) is 21.9. The van der Waals surface area contributed by atoms with E-state index in [0.717, 1.165) is 0 Å². The highest BCUT2D eigenvalue weighted by atomic mass is 32.1. The Balaban J connectivity index is 5.16. The number of hydrogen-bond acceptors (Lipinski definition) is 9. The van der Waals surface area contributed by atoms with E-state index in [0.29, 0.717) is 0 Å². The quantitative estimate of drug-likeness (QED) is 0.128. The van der Waals surface area contributed by atoms with Crippen molar-refractivity contribution < 1.29 is 34.2 Å². The van der Waals surface area contributed by atoms with Crippen molar-refractivity contribution in [2.45, 2.75) is 37.0 Å². The molecule has 0 saturated heterocycles. The summed E-state index contributed by atoms with van der Waals surface area (Å²) in [5, 5.41) is 24.5. The Kier molecular flexibility index (Phi) is 12.2. The second kappa shape index (κ2) is 13.2. The summed E-state index contributed by atoms with van der Waals surface area (Å²) in [7, 11) is 0. The van der Waals surface area contributed by atoms with Crippen LogP contribution in [0, 0.1) is 0 Å². The van der Waals surface area contributed by atoms with Gasteiger partial charge in [-0.2, -0.15) is 25.3 Å². The molecule has 0 fully saturated rings. The molecule has 14 heteroatoms. The minimum absolute atomic E-state index is 0.00932. The largest absolute Gasteiger partial charge is 0.480 e. The molecule has 4 unspecified atom stereocenters. The number of hydrogen-bond donors (Lipinski definition) is 9. The molecule has 0 aromatic carbocycles. The number of amides is 4. The Hall–Kier alpha value is -2.03. The molecule has 9 N–H and O–H groups in total. The van der Waals surface area contributed by atoms with Crippen LogP contribution < -0.4 is 27.4 Å². The maximum Gasteiger partial charge on any atom is 0.328 e. The second-order valence-corrected chi connectivity index (χ2v) is 6.41. The number of carbonyl (C=O) groups is 5. The van der Waals surface area contributed by atoms with Gasteiger partial charge in [0.05, 0.1) is 12.6 Å². The summed E-state index contributed by atoms with van der Waals surface area (Å²) in [6.07, 6.45) is -0.376. The summed E-state index contributed by atoms with van der Waals surface area (Å²) in [5.41, 5.74) is 10.6. The Morgan fingerprint density at radius 2 is 1.36 bits per heavy atom. The molecule has 0 bridgehead atoms. The number of primary amides is 1. The summed E-state index contributed by atoms with van der Waals surface area (Å²) in [6, 6.07) is -5.06. The molecular weight excluding hydrogens is 414 g/mol. The van der Waals surface area contributed by atoms with Crippen LogP contribution in [0.2, 0.25) is 0 Å². The summed E-state index contributed by atoms with van der Waals surface area (Å²) < 4.78 is 0. The lowest BCUT2D eigenvalue weighted by Crippen LogP contribution is -2.58. The first-order chi connectivity index (χ1) is 13.1. The van der Waals surface area contributed by atoms with Gasteiger partial charge < -0.3 is 37.6 Å². The average molecular weight is 440 g/mol. The van der Waals surface area contributed by atoms with Gasteiger partial charge in [-0.3, -0.25) is 19.2 Å². The highest BCUT2D eigenvalue weighted by Gasteiger charge is 2.29. The molecule has 0 saturated carbocycles. The van der Waals surface area contributed by atoms with E-state index in [-0.39, 0.29) is 24.3 Å². The smallest absolute Gasteiger partial charge is 0.328 e. The van der Waals surface area contributed by atoms with Gasteiger partial charge in [0.15, 0.2) is 0 Å². The van der Waals surface area contributed by atoms with Crippen LogP contribution in [-0.2, 0) is 24.0 Å². The zero-order valence-electron chi connectivity index (χ0n) is 14.8. The number of aliphatic hydroxyl groups excluding tert-OH is 1. The molecule has 0 aliphatic carbocycles. The van der Waals surface area contributed by atoms with Crippen molar-refractivity contribution in [3.63, 3.8) is 0 Å². The molecule has 0 heterocycles. The maximum absolute atomic E-state index is 12.4. The zero-order valence-corrected chi connectivity index (χ0v) is 16.6. The van der Waals surface area contributed by atoms with E-state index in [2.05, 4.69) is 35.9 Å². The van der Waals surface area contributed by atoms with Gasteiger partial charge in [0.25, 0.3) is 0 Å². The first-order valence-corrected chi connectivity index (χ1v) is 9.34. The number of thiol groups is 2. The predicted molar refractivity (Wildman–Crippen MR) is 105 cm³/mol. The van der Waals surface area contributed by atoms with E-state index in [1.165, 1.54) is 0 Å². The van der Waals surface area contributed by atoms with Crippen LogP contribution in [0.15, 0.2) is 0 Å². The summed E-state index contributed by atoms with van der Waals surface area (Å²) in [4.78, 5) is 58.3. The van der Waals surface area contributed by atoms with Crippen LogP contribution in [0.4, 0.5) is 0 Å². The third-order valence-corrected chi connectivity index (χ3v) is 4.22. The van der Waals surface area contributed by atoms with Gasteiger partial charge in [-0.15, -0.1) is 0 Å². The van der Waals surface area contributed by atoms with Crippen molar-refractivity contribution in [2.75, 3.05) is 18.1 Å². The van der Waals surface area contributed by atoms with Gasteiger partial charge in [0.2, 0.25) is 23.6 Å². The van der Waals surface area contributed by atoms with Gasteiger partial charge in [-0.1, -0.05) is 0 Å². The highest BCUT2D eigenvalue weighted by Crippen LogP contribution is 2.01. The first-order valence-electron chi connectivity index (χ1n) is 8.07. The number of nitrogens with two attached hydrogens (primary N) is 2. The number of rotatable bonds is 13. The van der Waals surface area contributed by atoms with Crippen LogP contribution in [-0.4, -0.2) is 82.1 Å². The van der Waals surface area contributed by atoms with Crippen molar-refractivity contribution in [2.24, 2.45) is 11.5 Å². The van der Waals surface area contributed by atoms with Crippen molar-refractivity contribution in [3.8, 4) is 0 Å². The fourth-order valence-corrected chi connectivity index (χ4v) is 2.26. The Labute approximate surface area is 172 Å². The number of carboxylic acids is 1. The third kappa shape index (κ3) is 9.25. The van der Waals surface area contributed by atoms with Crippen LogP contribution in [0.1, 0.15) is 12.8 Å². The number of carboxylic acid groups (broad SMARTS) is 1. The Bertz CT molecular complexity index is 592. The minimum Gasteiger partial charge on any atom is -0.480 e. The van der Waals surface area contributed by atoms with Gasteiger partial charge >= 0.3 is 5.97 Å².